The fourth-order valence-corrected chi connectivity index (χ4v) is 3.87. The van der Waals surface area contributed by atoms with Crippen LogP contribution >= 0.6 is 15.9 Å². The van der Waals surface area contributed by atoms with E-state index in [0.717, 1.165) is 37.9 Å². The van der Waals surface area contributed by atoms with E-state index in [9.17, 15) is 4.79 Å². The van der Waals surface area contributed by atoms with Crippen molar-refractivity contribution < 1.29 is 4.79 Å². The number of rotatable bonds is 0. The molecule has 0 atom stereocenters. The van der Waals surface area contributed by atoms with Crippen molar-refractivity contribution in [3.63, 3.8) is 0 Å². The Labute approximate surface area is 141 Å². The van der Waals surface area contributed by atoms with Crippen molar-refractivity contribution in [3.05, 3.63) is 64.6 Å². The van der Waals surface area contributed by atoms with Gasteiger partial charge in [0, 0.05) is 32.5 Å². The van der Waals surface area contributed by atoms with E-state index < -0.39 is 5.66 Å². The molecule has 4 nitrogen and oxygen atoms in total. The van der Waals surface area contributed by atoms with Gasteiger partial charge < -0.3 is 16.0 Å². The van der Waals surface area contributed by atoms with E-state index in [4.69, 9.17) is 0 Å². The number of nitrogens with one attached hydrogen (secondary N) is 3. The first-order valence-electron chi connectivity index (χ1n) is 7.37. The minimum absolute atomic E-state index is 0.0999. The van der Waals surface area contributed by atoms with Crippen molar-refractivity contribution in [2.24, 2.45) is 0 Å². The monoisotopic (exact) mass is 365 g/mol. The van der Waals surface area contributed by atoms with E-state index in [-0.39, 0.29) is 5.91 Å². The van der Waals surface area contributed by atoms with Crippen LogP contribution in [0, 0.1) is 0 Å². The molecule has 0 bridgehead atoms. The summed E-state index contributed by atoms with van der Waals surface area (Å²) in [6.45, 7) is 0. The van der Waals surface area contributed by atoms with Gasteiger partial charge in [-0.1, -0.05) is 40.2 Å². The Morgan fingerprint density at radius 3 is 2.26 bits per heavy atom. The molecule has 2 aliphatic rings. The Morgan fingerprint density at radius 1 is 0.870 bits per heavy atom. The number of carbonyl (C=O) groups is 1. The Kier molecular flexibility index (Phi) is 2.40. The van der Waals surface area contributed by atoms with Gasteiger partial charge in [-0.2, -0.15) is 0 Å². The first-order chi connectivity index (χ1) is 11.2. The molecule has 0 saturated heterocycles. The lowest BCUT2D eigenvalue weighted by Gasteiger charge is -2.37. The molecule has 0 fully saturated rings. The Hall–Kier alpha value is -2.53. The Bertz CT molecular complexity index is 958. The number of hydrogen-bond acceptors (Lipinski definition) is 3. The molecule has 3 aromatic carbocycles. The normalized spacial score (nSPS) is 16.7. The van der Waals surface area contributed by atoms with Gasteiger partial charge in [0.05, 0.1) is 0 Å². The van der Waals surface area contributed by atoms with Gasteiger partial charge in [-0.05, 0) is 35.7 Å². The highest BCUT2D eigenvalue weighted by atomic mass is 79.9. The summed E-state index contributed by atoms with van der Waals surface area (Å²) in [7, 11) is 0. The third-order valence-corrected chi connectivity index (χ3v) is 5.02. The maximum Gasteiger partial charge on any atom is 0.275 e. The fraction of sp³-hybridized carbons (Fsp3) is 0.0556. The van der Waals surface area contributed by atoms with E-state index in [2.05, 4.69) is 44.0 Å². The van der Waals surface area contributed by atoms with Crippen molar-refractivity contribution in [1.29, 1.82) is 0 Å². The van der Waals surface area contributed by atoms with Crippen LogP contribution in [0.25, 0.3) is 10.8 Å². The largest absolute Gasteiger partial charge is 0.351 e. The van der Waals surface area contributed by atoms with E-state index >= 15 is 0 Å². The fourth-order valence-electron chi connectivity index (χ4n) is 3.51. The van der Waals surface area contributed by atoms with Crippen LogP contribution in [0.2, 0.25) is 0 Å². The number of hydrogen-bond donors (Lipinski definition) is 3. The summed E-state index contributed by atoms with van der Waals surface area (Å²) in [4.78, 5) is 12.8. The highest BCUT2D eigenvalue weighted by Gasteiger charge is 2.49. The summed E-state index contributed by atoms with van der Waals surface area (Å²) in [5, 5.41) is 12.1. The van der Waals surface area contributed by atoms with Gasteiger partial charge in [-0.25, -0.2) is 0 Å². The second kappa shape index (κ2) is 4.26. The van der Waals surface area contributed by atoms with E-state index in [1.54, 1.807) is 0 Å². The van der Waals surface area contributed by atoms with Gasteiger partial charge in [-0.3, -0.25) is 4.79 Å². The van der Waals surface area contributed by atoms with Crippen molar-refractivity contribution in [1.82, 2.24) is 0 Å². The van der Waals surface area contributed by atoms with Crippen LogP contribution < -0.4 is 16.0 Å². The minimum Gasteiger partial charge on any atom is -0.351 e. The Balaban J connectivity index is 1.79. The third-order valence-electron chi connectivity index (χ3n) is 4.52. The highest BCUT2D eigenvalue weighted by Crippen LogP contribution is 2.46. The predicted octanol–water partition coefficient (Wildman–Crippen LogP) is 4.24. The summed E-state index contributed by atoms with van der Waals surface area (Å²) in [6, 6.07) is 18.0. The molecule has 5 heteroatoms. The second-order valence-corrected chi connectivity index (χ2v) is 6.77. The lowest BCUT2D eigenvalue weighted by Crippen LogP contribution is -2.50. The highest BCUT2D eigenvalue weighted by molar-refractivity contribution is 9.10. The van der Waals surface area contributed by atoms with Gasteiger partial charge in [0.15, 0.2) is 0 Å². The molecule has 0 radical (unpaired) electrons. The summed E-state index contributed by atoms with van der Waals surface area (Å²) in [5.74, 6) is -0.0999. The number of fused-ring (bicyclic) bond motifs is 2. The Morgan fingerprint density at radius 2 is 1.57 bits per heavy atom. The van der Waals surface area contributed by atoms with Gasteiger partial charge in [-0.15, -0.1) is 0 Å². The molecule has 112 valence electrons. The van der Waals surface area contributed by atoms with Crippen LogP contribution in [0.1, 0.15) is 5.56 Å². The number of carbonyl (C=O) groups excluding carboxylic acids is 1. The number of halogens is 1. The predicted molar refractivity (Wildman–Crippen MR) is 95.6 cm³/mol. The minimum atomic E-state index is -0.984. The summed E-state index contributed by atoms with van der Waals surface area (Å²) < 4.78 is 0.938. The smallest absolute Gasteiger partial charge is 0.275 e. The molecule has 0 saturated carbocycles. The third kappa shape index (κ3) is 1.63. The van der Waals surface area contributed by atoms with Gasteiger partial charge in [0.1, 0.15) is 0 Å². The zero-order valence-corrected chi connectivity index (χ0v) is 13.6. The van der Waals surface area contributed by atoms with E-state index in [1.165, 1.54) is 0 Å². The van der Waals surface area contributed by atoms with E-state index in [1.807, 2.05) is 42.5 Å². The number of benzene rings is 3. The molecule has 2 heterocycles. The SMILES string of the molecule is O=C1Nc2ccc(Br)cc2C12Nc1cccc3cccc(c13)N2. The van der Waals surface area contributed by atoms with Crippen LogP contribution in [-0.4, -0.2) is 5.91 Å². The molecule has 1 spiro atoms. The quantitative estimate of drug-likeness (QED) is 0.558. The van der Waals surface area contributed by atoms with Crippen LogP contribution in [0.5, 0.6) is 0 Å². The van der Waals surface area contributed by atoms with Crippen molar-refractivity contribution in [2.75, 3.05) is 16.0 Å². The van der Waals surface area contributed by atoms with E-state index in [0.29, 0.717) is 0 Å². The van der Waals surface area contributed by atoms with Gasteiger partial charge in [0.25, 0.3) is 5.91 Å². The molecule has 5 rings (SSSR count). The average molecular weight is 366 g/mol. The zero-order valence-electron chi connectivity index (χ0n) is 12.0. The maximum absolute atomic E-state index is 12.8. The summed E-state index contributed by atoms with van der Waals surface area (Å²) in [5.41, 5.74) is 2.65. The molecule has 3 aromatic rings. The first-order valence-corrected chi connectivity index (χ1v) is 8.16. The topological polar surface area (TPSA) is 53.2 Å². The molecule has 1 amide bonds. The second-order valence-electron chi connectivity index (χ2n) is 5.85. The average Bonchev–Trinajstić information content (AvgIpc) is 2.80. The number of amides is 1. The van der Waals surface area contributed by atoms with Crippen LogP contribution in [-0.2, 0) is 10.5 Å². The van der Waals surface area contributed by atoms with Gasteiger partial charge >= 0.3 is 0 Å². The first kappa shape index (κ1) is 13.0. The van der Waals surface area contributed by atoms with Crippen molar-refractivity contribution >= 4 is 49.7 Å². The molecular formula is C18H12BrN3O. The van der Waals surface area contributed by atoms with Crippen LogP contribution in [0.4, 0.5) is 17.1 Å². The summed E-state index contributed by atoms with van der Waals surface area (Å²) in [6.07, 6.45) is 0. The van der Waals surface area contributed by atoms with Crippen LogP contribution in [0.15, 0.2) is 59.1 Å². The number of anilines is 3. The molecule has 23 heavy (non-hydrogen) atoms. The lowest BCUT2D eigenvalue weighted by molar-refractivity contribution is -0.119. The van der Waals surface area contributed by atoms with Crippen LogP contribution in [0.3, 0.4) is 0 Å². The van der Waals surface area contributed by atoms with Crippen molar-refractivity contribution in [2.45, 2.75) is 5.66 Å². The standard InChI is InChI=1S/C18H12BrN3O/c19-11-7-8-13-12(9-11)18(17(23)20-13)21-14-5-1-3-10-4-2-6-15(22-18)16(10)14/h1-9,21-22H,(H,20,23). The molecule has 0 aliphatic carbocycles. The molecule has 0 aromatic heterocycles. The molecule has 2 aliphatic heterocycles. The summed E-state index contributed by atoms with van der Waals surface area (Å²) >= 11 is 3.50. The lowest BCUT2D eigenvalue weighted by atomic mass is 9.94. The maximum atomic E-state index is 12.8. The molecule has 0 unspecified atom stereocenters. The van der Waals surface area contributed by atoms with Gasteiger partial charge in [0.2, 0.25) is 5.66 Å². The van der Waals surface area contributed by atoms with Crippen molar-refractivity contribution in [3.8, 4) is 0 Å². The molecular weight excluding hydrogens is 354 g/mol. The molecule has 3 N–H and O–H groups in total. The zero-order chi connectivity index (χ0) is 15.6.